The van der Waals surface area contributed by atoms with Gasteiger partial charge in [-0.2, -0.15) is 8.42 Å². The van der Waals surface area contributed by atoms with E-state index in [4.69, 9.17) is 0 Å². The van der Waals surface area contributed by atoms with Crippen LogP contribution in [-0.4, -0.2) is 13.3 Å². The summed E-state index contributed by atoms with van der Waals surface area (Å²) in [6.45, 7) is 0. The highest BCUT2D eigenvalue weighted by atomic mass is 32.2. The summed E-state index contributed by atoms with van der Waals surface area (Å²) in [6.07, 6.45) is 0. The van der Waals surface area contributed by atoms with Crippen LogP contribution in [0.25, 0.3) is 0 Å². The molecule has 0 amide bonds. The molecule has 0 radical (unpaired) electrons. The summed E-state index contributed by atoms with van der Waals surface area (Å²) < 4.78 is 24.4. The molecule has 0 aliphatic rings. The first kappa shape index (κ1) is 9.46. The number of rotatable bonds is 3. The quantitative estimate of drug-likeness (QED) is 0.439. The summed E-state index contributed by atoms with van der Waals surface area (Å²) in [5.41, 5.74) is -0.117. The zero-order valence-corrected chi connectivity index (χ0v) is 7.14. The Labute approximate surface area is 75.1 Å². The molecule has 0 saturated heterocycles. The van der Waals surface area contributed by atoms with E-state index in [9.17, 15) is 18.5 Å². The maximum absolute atomic E-state index is 10.2. The van der Waals surface area contributed by atoms with Crippen LogP contribution < -0.4 is 4.18 Å². The van der Waals surface area contributed by atoms with Crippen LogP contribution in [0.2, 0.25) is 0 Å². The van der Waals surface area contributed by atoms with E-state index < -0.39 is 15.9 Å². The lowest BCUT2D eigenvalue weighted by Crippen LogP contribution is -1.91. The van der Waals surface area contributed by atoms with E-state index >= 15 is 0 Å². The first-order valence-electron chi connectivity index (χ1n) is 3.16. The van der Waals surface area contributed by atoms with Gasteiger partial charge < -0.3 is 4.18 Å². The van der Waals surface area contributed by atoms with Crippen molar-refractivity contribution >= 4 is 16.7 Å². The van der Waals surface area contributed by atoms with Crippen LogP contribution in [-0.2, 0) is 11.0 Å². The summed E-state index contributed by atoms with van der Waals surface area (Å²) in [7, 11) is -2.97. The van der Waals surface area contributed by atoms with Crippen molar-refractivity contribution < 1.29 is 17.5 Å². The molecule has 0 spiro atoms. The smallest absolute Gasteiger partial charge is 0.299 e. The number of non-ortho nitro benzene ring substituents is 1. The minimum atomic E-state index is -2.97. The van der Waals surface area contributed by atoms with E-state index in [0.717, 1.165) is 12.1 Å². The van der Waals surface area contributed by atoms with E-state index in [-0.39, 0.29) is 11.4 Å². The highest BCUT2D eigenvalue weighted by molar-refractivity contribution is 7.67. The first-order chi connectivity index (χ1) is 6.09. The van der Waals surface area contributed by atoms with Crippen molar-refractivity contribution in [3.8, 4) is 5.75 Å². The fraction of sp³-hybridized carbons (Fsp3) is 0. The molecule has 0 atom stereocenters. The highest BCUT2D eigenvalue weighted by Gasteiger charge is 2.04. The van der Waals surface area contributed by atoms with Gasteiger partial charge in [-0.1, -0.05) is 0 Å². The van der Waals surface area contributed by atoms with Crippen molar-refractivity contribution in [2.75, 3.05) is 0 Å². The van der Waals surface area contributed by atoms with Crippen molar-refractivity contribution in [3.05, 3.63) is 34.4 Å². The minimum absolute atomic E-state index is 0.0571. The van der Waals surface area contributed by atoms with Crippen molar-refractivity contribution in [3.63, 3.8) is 0 Å². The average Bonchev–Trinajstić information content (AvgIpc) is 2.04. The van der Waals surface area contributed by atoms with Crippen LogP contribution >= 0.6 is 0 Å². The Bertz CT molecular complexity index is 375. The van der Waals surface area contributed by atoms with Gasteiger partial charge in [0.1, 0.15) is 5.75 Å². The van der Waals surface area contributed by atoms with Gasteiger partial charge in [0.15, 0.2) is 0 Å². The van der Waals surface area contributed by atoms with E-state index in [1.54, 1.807) is 0 Å². The van der Waals surface area contributed by atoms with Gasteiger partial charge in [-0.25, -0.2) is 0 Å². The third-order valence-corrected chi connectivity index (χ3v) is 1.59. The second kappa shape index (κ2) is 3.85. The third kappa shape index (κ3) is 2.71. The Balaban J connectivity index is 2.87. The zero-order chi connectivity index (χ0) is 9.84. The SMILES string of the molecule is O=[N+]([O-])c1ccc(O[SH](=O)=O)cc1. The van der Waals surface area contributed by atoms with Crippen LogP contribution in [0.15, 0.2) is 24.3 Å². The minimum Gasteiger partial charge on any atom is -0.384 e. The van der Waals surface area contributed by atoms with Gasteiger partial charge in [0.25, 0.3) is 16.7 Å². The molecule has 0 aliphatic heterocycles. The van der Waals surface area contributed by atoms with Gasteiger partial charge in [0.05, 0.1) is 4.92 Å². The standard InChI is InChI=1S/C6H5NO5S/c8-7(9)5-1-3-6(4-2-5)12-13(10)11/h1-4,13H. The maximum atomic E-state index is 10.2. The third-order valence-electron chi connectivity index (χ3n) is 1.23. The molecule has 13 heavy (non-hydrogen) atoms. The second-order valence-electron chi connectivity index (χ2n) is 2.07. The fourth-order valence-corrected chi connectivity index (χ4v) is 1.01. The molecule has 1 rings (SSSR count). The van der Waals surface area contributed by atoms with Gasteiger partial charge in [0, 0.05) is 12.1 Å². The summed E-state index contributed by atoms with van der Waals surface area (Å²) >= 11 is 0. The van der Waals surface area contributed by atoms with Gasteiger partial charge in [0.2, 0.25) is 0 Å². The first-order valence-corrected chi connectivity index (χ1v) is 4.26. The molecular weight excluding hydrogens is 198 g/mol. The Hall–Kier alpha value is -1.63. The molecule has 1 aromatic carbocycles. The summed E-state index contributed by atoms with van der Waals surface area (Å²) in [5.74, 6) is 0.0571. The fourth-order valence-electron chi connectivity index (χ4n) is 0.715. The highest BCUT2D eigenvalue weighted by Crippen LogP contribution is 2.16. The predicted molar refractivity (Wildman–Crippen MR) is 44.0 cm³/mol. The lowest BCUT2D eigenvalue weighted by Gasteiger charge is -1.95. The molecule has 0 aliphatic carbocycles. The maximum Gasteiger partial charge on any atom is 0.299 e. The molecule has 6 nitrogen and oxygen atoms in total. The molecule has 0 heterocycles. The van der Waals surface area contributed by atoms with Gasteiger partial charge in [-0.3, -0.25) is 10.1 Å². The van der Waals surface area contributed by atoms with Crippen LogP contribution in [0, 0.1) is 10.1 Å². The van der Waals surface area contributed by atoms with E-state index in [1.807, 2.05) is 0 Å². The lowest BCUT2D eigenvalue weighted by molar-refractivity contribution is -0.384. The van der Waals surface area contributed by atoms with E-state index in [0.29, 0.717) is 0 Å². The number of nitro benzene ring substituents is 1. The van der Waals surface area contributed by atoms with Crippen molar-refractivity contribution in [1.82, 2.24) is 0 Å². The number of thiol groups is 1. The number of hydrogen-bond acceptors (Lipinski definition) is 5. The number of nitro groups is 1. The Morgan fingerprint density at radius 1 is 1.23 bits per heavy atom. The van der Waals surface area contributed by atoms with Crippen LogP contribution in [0.3, 0.4) is 0 Å². The van der Waals surface area contributed by atoms with Crippen LogP contribution in [0.1, 0.15) is 0 Å². The summed E-state index contributed by atoms with van der Waals surface area (Å²) in [6, 6.07) is 4.74. The molecule has 0 saturated carbocycles. The number of hydrogen-bond donors (Lipinski definition) is 1. The normalized spacial score (nSPS) is 9.92. The Morgan fingerprint density at radius 3 is 2.15 bits per heavy atom. The molecule has 70 valence electrons. The molecule has 0 bridgehead atoms. The number of benzene rings is 1. The molecule has 0 aromatic heterocycles. The summed E-state index contributed by atoms with van der Waals surface area (Å²) in [4.78, 5) is 9.60. The largest absolute Gasteiger partial charge is 0.384 e. The van der Waals surface area contributed by atoms with Crippen LogP contribution in [0.4, 0.5) is 5.69 Å². The molecule has 0 N–H and O–H groups in total. The monoisotopic (exact) mass is 203 g/mol. The van der Waals surface area contributed by atoms with Crippen LogP contribution in [0.5, 0.6) is 5.75 Å². The average molecular weight is 203 g/mol. The molecule has 0 unspecified atom stereocenters. The number of nitrogens with zero attached hydrogens (tertiary/aromatic N) is 1. The Kier molecular flexibility index (Phi) is 2.80. The predicted octanol–water partition coefficient (Wildman–Crippen LogP) is 0.500. The van der Waals surface area contributed by atoms with Gasteiger partial charge >= 0.3 is 0 Å². The van der Waals surface area contributed by atoms with E-state index in [1.165, 1.54) is 12.1 Å². The molecule has 7 heteroatoms. The zero-order valence-electron chi connectivity index (χ0n) is 6.25. The van der Waals surface area contributed by atoms with E-state index in [2.05, 4.69) is 4.18 Å². The van der Waals surface area contributed by atoms with Gasteiger partial charge in [-0.05, 0) is 12.1 Å². The summed E-state index contributed by atoms with van der Waals surface area (Å²) in [5, 5.41) is 10.2. The van der Waals surface area contributed by atoms with Crippen molar-refractivity contribution in [1.29, 1.82) is 0 Å². The molecule has 1 aromatic rings. The van der Waals surface area contributed by atoms with Crippen molar-refractivity contribution in [2.24, 2.45) is 0 Å². The topological polar surface area (TPSA) is 86.5 Å². The van der Waals surface area contributed by atoms with Gasteiger partial charge in [-0.15, -0.1) is 0 Å². The lowest BCUT2D eigenvalue weighted by atomic mass is 10.3. The Morgan fingerprint density at radius 2 is 1.77 bits per heavy atom. The molecule has 0 fully saturated rings. The molecular formula is C6H5NO5S. The second-order valence-corrected chi connectivity index (χ2v) is 2.70. The van der Waals surface area contributed by atoms with Crippen molar-refractivity contribution in [2.45, 2.75) is 0 Å².